The molecule has 1 aromatic heterocycles. The number of anilines is 1. The highest BCUT2D eigenvalue weighted by atomic mass is 35.5. The van der Waals surface area contributed by atoms with Gasteiger partial charge in [0.2, 0.25) is 0 Å². The Morgan fingerprint density at radius 1 is 1.17 bits per heavy atom. The molecule has 0 radical (unpaired) electrons. The van der Waals surface area contributed by atoms with E-state index in [-0.39, 0.29) is 24.3 Å². The predicted octanol–water partition coefficient (Wildman–Crippen LogP) is 2.79. The van der Waals surface area contributed by atoms with Gasteiger partial charge in [0.1, 0.15) is 5.69 Å². The molecule has 2 aliphatic heterocycles. The zero-order valence-electron chi connectivity index (χ0n) is 17.0. The molecule has 30 heavy (non-hydrogen) atoms. The van der Waals surface area contributed by atoms with Gasteiger partial charge in [0.05, 0.1) is 6.04 Å². The lowest BCUT2D eigenvalue weighted by Gasteiger charge is -2.22. The van der Waals surface area contributed by atoms with Gasteiger partial charge in [-0.05, 0) is 56.0 Å². The molecule has 9 heteroatoms. The molecule has 2 fully saturated rings. The van der Waals surface area contributed by atoms with Crippen LogP contribution in [0.25, 0.3) is 0 Å². The first-order chi connectivity index (χ1) is 14.2. The van der Waals surface area contributed by atoms with Crippen molar-refractivity contribution in [2.45, 2.75) is 38.3 Å². The fraction of sp³-hybridized carbons (Fsp3) is 0.476. The Hall–Kier alpha value is -2.58. The van der Waals surface area contributed by atoms with E-state index in [0.29, 0.717) is 18.3 Å². The van der Waals surface area contributed by atoms with Gasteiger partial charge in [-0.3, -0.25) is 9.48 Å². The Morgan fingerprint density at radius 2 is 2.00 bits per heavy atom. The van der Waals surface area contributed by atoms with Crippen LogP contribution in [0, 0.1) is 0 Å². The average Bonchev–Trinajstić information content (AvgIpc) is 3.45. The minimum absolute atomic E-state index is 0. The number of amides is 3. The zero-order chi connectivity index (χ0) is 20.1. The lowest BCUT2D eigenvalue weighted by Crippen LogP contribution is -2.32. The maximum absolute atomic E-state index is 12.5. The normalized spacial score (nSPS) is 18.5. The lowest BCUT2D eigenvalue weighted by molar-refractivity contribution is 0.0944. The van der Waals surface area contributed by atoms with Gasteiger partial charge < -0.3 is 20.9 Å². The molecule has 3 amide bonds. The van der Waals surface area contributed by atoms with Gasteiger partial charge in [-0.15, -0.1) is 12.4 Å². The van der Waals surface area contributed by atoms with E-state index in [1.54, 1.807) is 6.07 Å². The summed E-state index contributed by atoms with van der Waals surface area (Å²) in [4.78, 5) is 26.5. The Kier molecular flexibility index (Phi) is 7.70. The smallest absolute Gasteiger partial charge is 0.321 e. The van der Waals surface area contributed by atoms with Crippen molar-refractivity contribution in [1.29, 1.82) is 0 Å². The second-order valence-electron chi connectivity index (χ2n) is 7.69. The number of benzene rings is 1. The lowest BCUT2D eigenvalue weighted by atomic mass is 10.1. The van der Waals surface area contributed by atoms with Gasteiger partial charge in [0, 0.05) is 38.1 Å². The number of nitrogens with zero attached hydrogens (tertiary/aromatic N) is 3. The summed E-state index contributed by atoms with van der Waals surface area (Å²) in [6, 6.07) is 9.56. The minimum Gasteiger partial charge on any atom is -0.347 e. The van der Waals surface area contributed by atoms with E-state index in [9.17, 15) is 9.59 Å². The summed E-state index contributed by atoms with van der Waals surface area (Å²) >= 11 is 0. The molecule has 1 atom stereocenters. The first-order valence-corrected chi connectivity index (χ1v) is 10.4. The number of urea groups is 1. The second kappa shape index (κ2) is 10.4. The van der Waals surface area contributed by atoms with Crippen LogP contribution in [0.4, 0.5) is 10.5 Å². The number of piperidine rings is 1. The Balaban J connectivity index is 0.00000256. The van der Waals surface area contributed by atoms with E-state index in [0.717, 1.165) is 63.1 Å². The van der Waals surface area contributed by atoms with Crippen molar-refractivity contribution in [2.24, 2.45) is 0 Å². The van der Waals surface area contributed by atoms with Crippen LogP contribution in [-0.2, 0) is 6.54 Å². The summed E-state index contributed by atoms with van der Waals surface area (Å²) in [5, 5.41) is 13.7. The molecular weight excluding hydrogens is 404 g/mol. The SMILES string of the molecule is Cl.O=C(NCc1cccc(NC(=O)N2CCCC2)c1)c1ccn(C2CCCNC2)n1. The third-order valence-corrected chi connectivity index (χ3v) is 5.51. The van der Waals surface area contributed by atoms with Gasteiger partial charge in [0.15, 0.2) is 0 Å². The fourth-order valence-corrected chi connectivity index (χ4v) is 3.88. The van der Waals surface area contributed by atoms with Crippen molar-refractivity contribution < 1.29 is 9.59 Å². The predicted molar refractivity (Wildman–Crippen MR) is 118 cm³/mol. The highest BCUT2D eigenvalue weighted by Gasteiger charge is 2.19. The molecule has 2 saturated heterocycles. The molecule has 2 aliphatic rings. The molecule has 2 aromatic rings. The maximum Gasteiger partial charge on any atom is 0.321 e. The van der Waals surface area contributed by atoms with E-state index < -0.39 is 0 Å². The molecule has 0 spiro atoms. The summed E-state index contributed by atoms with van der Waals surface area (Å²) in [7, 11) is 0. The third-order valence-electron chi connectivity index (χ3n) is 5.51. The summed E-state index contributed by atoms with van der Waals surface area (Å²) < 4.78 is 1.88. The van der Waals surface area contributed by atoms with E-state index in [1.807, 2.05) is 40.0 Å². The highest BCUT2D eigenvalue weighted by Crippen LogP contribution is 2.16. The van der Waals surface area contributed by atoms with Crippen molar-refractivity contribution in [3.63, 3.8) is 0 Å². The van der Waals surface area contributed by atoms with Gasteiger partial charge in [0.25, 0.3) is 5.91 Å². The van der Waals surface area contributed by atoms with Gasteiger partial charge >= 0.3 is 6.03 Å². The van der Waals surface area contributed by atoms with Crippen LogP contribution in [0.3, 0.4) is 0 Å². The van der Waals surface area contributed by atoms with E-state index in [2.05, 4.69) is 21.0 Å². The summed E-state index contributed by atoms with van der Waals surface area (Å²) in [6.45, 7) is 3.93. The van der Waals surface area contributed by atoms with E-state index in [4.69, 9.17) is 0 Å². The molecule has 0 bridgehead atoms. The average molecular weight is 433 g/mol. The van der Waals surface area contributed by atoms with Crippen molar-refractivity contribution in [3.8, 4) is 0 Å². The van der Waals surface area contributed by atoms with Crippen molar-refractivity contribution >= 4 is 30.0 Å². The first kappa shape index (κ1) is 22.1. The number of carbonyl (C=O) groups excluding carboxylic acids is 2. The van der Waals surface area contributed by atoms with Crippen LogP contribution >= 0.6 is 12.4 Å². The number of rotatable bonds is 5. The topological polar surface area (TPSA) is 91.3 Å². The summed E-state index contributed by atoms with van der Waals surface area (Å²) in [6.07, 6.45) is 6.20. The number of carbonyl (C=O) groups is 2. The van der Waals surface area contributed by atoms with Crippen molar-refractivity contribution in [1.82, 2.24) is 25.3 Å². The maximum atomic E-state index is 12.5. The van der Waals surface area contributed by atoms with E-state index in [1.165, 1.54) is 0 Å². The van der Waals surface area contributed by atoms with Crippen LogP contribution in [0.1, 0.15) is 47.8 Å². The molecular formula is C21H29ClN6O2. The summed E-state index contributed by atoms with van der Waals surface area (Å²) in [5.41, 5.74) is 2.09. The number of likely N-dealkylation sites (tertiary alicyclic amines) is 1. The zero-order valence-corrected chi connectivity index (χ0v) is 17.8. The van der Waals surface area contributed by atoms with Crippen LogP contribution in [0.2, 0.25) is 0 Å². The second-order valence-corrected chi connectivity index (χ2v) is 7.69. The quantitative estimate of drug-likeness (QED) is 0.677. The Morgan fingerprint density at radius 3 is 2.77 bits per heavy atom. The highest BCUT2D eigenvalue weighted by molar-refractivity contribution is 5.92. The van der Waals surface area contributed by atoms with Crippen molar-refractivity contribution in [2.75, 3.05) is 31.5 Å². The molecule has 3 N–H and O–H groups in total. The molecule has 3 heterocycles. The number of hydrogen-bond donors (Lipinski definition) is 3. The number of halogens is 1. The summed E-state index contributed by atoms with van der Waals surface area (Å²) in [5.74, 6) is -0.195. The molecule has 8 nitrogen and oxygen atoms in total. The molecule has 162 valence electrons. The molecule has 1 aromatic carbocycles. The molecule has 0 saturated carbocycles. The monoisotopic (exact) mass is 432 g/mol. The minimum atomic E-state index is -0.195. The molecule has 1 unspecified atom stereocenters. The van der Waals surface area contributed by atoms with Crippen LogP contribution in [0.5, 0.6) is 0 Å². The third kappa shape index (κ3) is 5.52. The van der Waals surface area contributed by atoms with Crippen LogP contribution in [-0.4, -0.2) is 52.8 Å². The van der Waals surface area contributed by atoms with E-state index >= 15 is 0 Å². The first-order valence-electron chi connectivity index (χ1n) is 10.4. The van der Waals surface area contributed by atoms with Crippen molar-refractivity contribution in [3.05, 3.63) is 47.8 Å². The standard InChI is InChI=1S/C21H28N6O2.ClH/c28-20(19-8-12-27(25-19)18-7-4-9-22-15-18)23-14-16-5-3-6-17(13-16)24-21(29)26-10-1-2-11-26;/h3,5-6,8,12-13,18,22H,1-2,4,7,9-11,14-15H2,(H,23,28)(H,24,29);1H. The Labute approximate surface area is 182 Å². The molecule has 0 aliphatic carbocycles. The Bertz CT molecular complexity index is 859. The number of nitrogens with one attached hydrogen (secondary N) is 3. The number of hydrogen-bond acceptors (Lipinski definition) is 4. The fourth-order valence-electron chi connectivity index (χ4n) is 3.88. The van der Waals surface area contributed by atoms with Gasteiger partial charge in [-0.25, -0.2) is 4.79 Å². The van der Waals surface area contributed by atoms with Gasteiger partial charge in [-0.1, -0.05) is 12.1 Å². The van der Waals surface area contributed by atoms with Crippen LogP contribution < -0.4 is 16.0 Å². The largest absolute Gasteiger partial charge is 0.347 e. The molecule has 4 rings (SSSR count). The van der Waals surface area contributed by atoms with Gasteiger partial charge in [-0.2, -0.15) is 5.10 Å². The van der Waals surface area contributed by atoms with Crippen LogP contribution in [0.15, 0.2) is 36.5 Å². The number of aromatic nitrogens is 2.